The number of hydrogen-bond acceptors (Lipinski definition) is 8. The van der Waals surface area contributed by atoms with Crippen LogP contribution in [0.2, 0.25) is 0 Å². The summed E-state index contributed by atoms with van der Waals surface area (Å²) in [5.74, 6) is 0.174. The molecule has 0 bridgehead atoms. The predicted octanol–water partition coefficient (Wildman–Crippen LogP) is 4.46. The number of aromatic nitrogens is 4. The first-order valence-corrected chi connectivity index (χ1v) is 9.90. The molecule has 1 amide bonds. The Morgan fingerprint density at radius 2 is 1.78 bits per heavy atom. The van der Waals surface area contributed by atoms with Crippen molar-refractivity contribution in [3.8, 4) is 0 Å². The van der Waals surface area contributed by atoms with E-state index < -0.39 is 0 Å². The van der Waals surface area contributed by atoms with Gasteiger partial charge in [0.1, 0.15) is 5.69 Å². The fourth-order valence-electron chi connectivity index (χ4n) is 2.61. The van der Waals surface area contributed by atoms with Crippen LogP contribution < -0.4 is 10.6 Å². The van der Waals surface area contributed by atoms with Gasteiger partial charge in [-0.15, -0.1) is 11.3 Å². The monoisotopic (exact) mass is 396 g/mol. The third-order valence-corrected chi connectivity index (χ3v) is 5.47. The molecule has 0 radical (unpaired) electrons. The van der Waals surface area contributed by atoms with Crippen molar-refractivity contribution in [2.24, 2.45) is 0 Å². The minimum absolute atomic E-state index is 0.294. The molecular weight excluding hydrogens is 380 g/mol. The SMILES string of the molecule is Cc1cc(C)nc(Nc2nc(C(=O)Nc3nc4c(C)cccc4s3)cs2)n1. The third kappa shape index (κ3) is 3.79. The average molecular weight is 397 g/mol. The molecule has 0 aliphatic rings. The summed E-state index contributed by atoms with van der Waals surface area (Å²) in [6.45, 7) is 5.81. The Bertz CT molecular complexity index is 1130. The number of fused-ring (bicyclic) bond motifs is 1. The van der Waals surface area contributed by atoms with Crippen LogP contribution in [0.1, 0.15) is 27.4 Å². The van der Waals surface area contributed by atoms with Crippen molar-refractivity contribution < 1.29 is 4.79 Å². The molecular formula is C18H16N6OS2. The molecule has 0 saturated carbocycles. The van der Waals surface area contributed by atoms with Gasteiger partial charge in [-0.3, -0.25) is 10.1 Å². The zero-order valence-corrected chi connectivity index (χ0v) is 16.5. The van der Waals surface area contributed by atoms with Gasteiger partial charge in [0, 0.05) is 16.8 Å². The van der Waals surface area contributed by atoms with Crippen molar-refractivity contribution in [2.75, 3.05) is 10.6 Å². The Hall–Kier alpha value is -2.91. The highest BCUT2D eigenvalue weighted by Gasteiger charge is 2.14. The van der Waals surface area contributed by atoms with E-state index in [9.17, 15) is 4.79 Å². The molecule has 27 heavy (non-hydrogen) atoms. The van der Waals surface area contributed by atoms with Crippen LogP contribution in [-0.2, 0) is 0 Å². The van der Waals surface area contributed by atoms with E-state index in [2.05, 4.69) is 30.6 Å². The molecule has 4 aromatic rings. The Kier molecular flexibility index (Phi) is 4.54. The lowest BCUT2D eigenvalue weighted by molar-refractivity contribution is 0.102. The second-order valence-corrected chi connectivity index (χ2v) is 7.92. The number of nitrogens with one attached hydrogen (secondary N) is 2. The first-order chi connectivity index (χ1) is 13.0. The van der Waals surface area contributed by atoms with E-state index in [4.69, 9.17) is 0 Å². The van der Waals surface area contributed by atoms with Crippen LogP contribution in [0.3, 0.4) is 0 Å². The zero-order valence-electron chi connectivity index (χ0n) is 14.9. The Labute approximate surface area is 163 Å². The fourth-order valence-corrected chi connectivity index (χ4v) is 4.24. The molecule has 0 fully saturated rings. The highest BCUT2D eigenvalue weighted by Crippen LogP contribution is 2.28. The van der Waals surface area contributed by atoms with Crippen LogP contribution in [0.4, 0.5) is 16.2 Å². The van der Waals surface area contributed by atoms with Crippen LogP contribution in [0.15, 0.2) is 29.6 Å². The zero-order chi connectivity index (χ0) is 19.0. The molecule has 9 heteroatoms. The highest BCUT2D eigenvalue weighted by atomic mass is 32.1. The van der Waals surface area contributed by atoms with E-state index in [1.165, 1.54) is 22.7 Å². The normalized spacial score (nSPS) is 10.9. The molecule has 0 aliphatic carbocycles. The first kappa shape index (κ1) is 17.5. The number of rotatable bonds is 4. The van der Waals surface area contributed by atoms with Gasteiger partial charge in [0.2, 0.25) is 5.95 Å². The molecule has 136 valence electrons. The van der Waals surface area contributed by atoms with Crippen molar-refractivity contribution in [2.45, 2.75) is 20.8 Å². The number of carbonyl (C=O) groups excluding carboxylic acids is 1. The van der Waals surface area contributed by atoms with Crippen LogP contribution in [0.5, 0.6) is 0 Å². The van der Waals surface area contributed by atoms with E-state index in [1.807, 2.05) is 45.0 Å². The summed E-state index contributed by atoms with van der Waals surface area (Å²) < 4.78 is 1.04. The average Bonchev–Trinajstić information content (AvgIpc) is 3.21. The van der Waals surface area contributed by atoms with Gasteiger partial charge in [-0.05, 0) is 38.5 Å². The maximum atomic E-state index is 12.5. The predicted molar refractivity (Wildman–Crippen MR) is 109 cm³/mol. The number of thiazole rings is 2. The second kappa shape index (κ2) is 7.01. The molecule has 7 nitrogen and oxygen atoms in total. The number of para-hydroxylation sites is 1. The molecule has 4 rings (SSSR count). The van der Waals surface area contributed by atoms with E-state index in [0.29, 0.717) is 21.9 Å². The van der Waals surface area contributed by atoms with Gasteiger partial charge >= 0.3 is 0 Å². The molecule has 3 aromatic heterocycles. The lowest BCUT2D eigenvalue weighted by Crippen LogP contribution is -2.12. The van der Waals surface area contributed by atoms with Crippen molar-refractivity contribution in [3.05, 3.63) is 52.3 Å². The number of hydrogen-bond donors (Lipinski definition) is 2. The molecule has 0 unspecified atom stereocenters. The van der Waals surface area contributed by atoms with Crippen molar-refractivity contribution in [3.63, 3.8) is 0 Å². The minimum Gasteiger partial charge on any atom is -0.300 e. The standard InChI is InChI=1S/C18H16N6OS2/c1-9-5-4-6-13-14(9)22-18(27-13)23-15(25)12-8-26-17(21-12)24-16-19-10(2)7-11(3)20-16/h4-8H,1-3H3,(H,22,23,25)(H,19,20,21,24). The van der Waals surface area contributed by atoms with Crippen LogP contribution in [0.25, 0.3) is 10.2 Å². The van der Waals surface area contributed by atoms with Gasteiger partial charge in [-0.25, -0.2) is 19.9 Å². The molecule has 2 N–H and O–H groups in total. The molecule has 0 spiro atoms. The van der Waals surface area contributed by atoms with Gasteiger partial charge in [0.05, 0.1) is 10.2 Å². The summed E-state index contributed by atoms with van der Waals surface area (Å²) >= 11 is 2.77. The Balaban J connectivity index is 1.50. The largest absolute Gasteiger partial charge is 0.300 e. The molecule has 1 aromatic carbocycles. The molecule has 0 aliphatic heterocycles. The minimum atomic E-state index is -0.294. The summed E-state index contributed by atoms with van der Waals surface area (Å²) in [7, 11) is 0. The van der Waals surface area contributed by atoms with Gasteiger partial charge in [0.25, 0.3) is 5.91 Å². The van der Waals surface area contributed by atoms with Crippen LogP contribution in [-0.4, -0.2) is 25.8 Å². The molecule has 0 atom stereocenters. The van der Waals surface area contributed by atoms with E-state index in [-0.39, 0.29) is 5.91 Å². The summed E-state index contributed by atoms with van der Waals surface area (Å²) in [5, 5.41) is 8.68. The number of benzene rings is 1. The smallest absolute Gasteiger partial charge is 0.276 e. The molecule has 3 heterocycles. The Morgan fingerprint density at radius 3 is 2.52 bits per heavy atom. The number of amides is 1. The summed E-state index contributed by atoms with van der Waals surface area (Å²) in [4.78, 5) is 30.0. The lowest BCUT2D eigenvalue weighted by atomic mass is 10.2. The van der Waals surface area contributed by atoms with E-state index in [1.54, 1.807) is 5.38 Å². The van der Waals surface area contributed by atoms with Crippen molar-refractivity contribution in [1.82, 2.24) is 19.9 Å². The summed E-state index contributed by atoms with van der Waals surface area (Å²) in [5.41, 5.74) is 4.04. The Morgan fingerprint density at radius 1 is 1.00 bits per heavy atom. The van der Waals surface area contributed by atoms with Crippen LogP contribution in [0, 0.1) is 20.8 Å². The fraction of sp³-hybridized carbons (Fsp3) is 0.167. The highest BCUT2D eigenvalue weighted by molar-refractivity contribution is 7.22. The van der Waals surface area contributed by atoms with Gasteiger partial charge in [-0.2, -0.15) is 0 Å². The van der Waals surface area contributed by atoms with E-state index >= 15 is 0 Å². The number of carbonyl (C=O) groups is 1. The van der Waals surface area contributed by atoms with E-state index in [0.717, 1.165) is 27.2 Å². The maximum absolute atomic E-state index is 12.5. The summed E-state index contributed by atoms with van der Waals surface area (Å²) in [6, 6.07) is 7.87. The third-order valence-electron chi connectivity index (χ3n) is 3.78. The van der Waals surface area contributed by atoms with Gasteiger partial charge < -0.3 is 5.32 Å². The number of nitrogens with zero attached hydrogens (tertiary/aromatic N) is 4. The first-order valence-electron chi connectivity index (χ1n) is 8.20. The van der Waals surface area contributed by atoms with Crippen molar-refractivity contribution in [1.29, 1.82) is 0 Å². The van der Waals surface area contributed by atoms with Crippen molar-refractivity contribution >= 4 is 55.0 Å². The summed E-state index contributed by atoms with van der Waals surface area (Å²) in [6.07, 6.45) is 0. The molecule has 0 saturated heterocycles. The van der Waals surface area contributed by atoms with Crippen LogP contribution >= 0.6 is 22.7 Å². The topological polar surface area (TPSA) is 92.7 Å². The maximum Gasteiger partial charge on any atom is 0.276 e. The van der Waals surface area contributed by atoms with Gasteiger partial charge in [0.15, 0.2) is 10.3 Å². The number of anilines is 3. The van der Waals surface area contributed by atoms with Gasteiger partial charge in [-0.1, -0.05) is 23.5 Å². The number of aryl methyl sites for hydroxylation is 3. The lowest BCUT2D eigenvalue weighted by Gasteiger charge is -2.03. The second-order valence-electron chi connectivity index (χ2n) is 6.03. The quantitative estimate of drug-likeness (QED) is 0.529.